The molecule has 1 aromatic carbocycles. The molecule has 2 rings (SSSR count). The molecule has 24 heavy (non-hydrogen) atoms. The summed E-state index contributed by atoms with van der Waals surface area (Å²) in [6.07, 6.45) is 2.28. The Balaban J connectivity index is 1.78. The lowest BCUT2D eigenvalue weighted by Gasteiger charge is -2.29. The van der Waals surface area contributed by atoms with E-state index >= 15 is 0 Å². The van der Waals surface area contributed by atoms with Crippen LogP contribution in [0, 0.1) is 26.7 Å². The fourth-order valence-corrected chi connectivity index (χ4v) is 3.22. The maximum absolute atomic E-state index is 12.1. The van der Waals surface area contributed by atoms with E-state index in [0.717, 1.165) is 48.7 Å². The molecule has 5 nitrogen and oxygen atoms in total. The molecule has 1 aliphatic rings. The van der Waals surface area contributed by atoms with Gasteiger partial charge in [-0.05, 0) is 63.7 Å². The Hall–Kier alpha value is -1.88. The van der Waals surface area contributed by atoms with Gasteiger partial charge in [0.1, 0.15) is 0 Å². The van der Waals surface area contributed by atoms with Gasteiger partial charge in [-0.15, -0.1) is 0 Å². The van der Waals surface area contributed by atoms with Crippen LogP contribution in [0.3, 0.4) is 0 Å². The number of rotatable bonds is 5. The molecule has 2 amide bonds. The fraction of sp³-hybridized carbons (Fsp3) is 0.579. The molecule has 0 bridgehead atoms. The van der Waals surface area contributed by atoms with Crippen LogP contribution in [0.25, 0.3) is 0 Å². The number of nitrogens with one attached hydrogen (secondary N) is 2. The van der Waals surface area contributed by atoms with Crippen LogP contribution in [0.2, 0.25) is 0 Å². The van der Waals surface area contributed by atoms with Gasteiger partial charge < -0.3 is 10.6 Å². The van der Waals surface area contributed by atoms with Gasteiger partial charge in [-0.25, -0.2) is 0 Å². The van der Waals surface area contributed by atoms with Crippen molar-refractivity contribution in [2.75, 3.05) is 31.5 Å². The Morgan fingerprint density at radius 3 is 2.25 bits per heavy atom. The number of hydrogen-bond acceptors (Lipinski definition) is 3. The molecular formula is C19H29N3O2. The molecule has 1 aliphatic heterocycles. The predicted octanol–water partition coefficient (Wildman–Crippen LogP) is 2.40. The molecule has 5 heteroatoms. The third kappa shape index (κ3) is 5.34. The second-order valence-electron chi connectivity index (χ2n) is 7.06. The van der Waals surface area contributed by atoms with Crippen molar-refractivity contribution in [3.05, 3.63) is 28.8 Å². The summed E-state index contributed by atoms with van der Waals surface area (Å²) < 4.78 is 0. The van der Waals surface area contributed by atoms with Crippen molar-refractivity contribution in [2.45, 2.75) is 40.5 Å². The van der Waals surface area contributed by atoms with Gasteiger partial charge in [-0.3, -0.25) is 14.5 Å². The molecule has 132 valence electrons. The van der Waals surface area contributed by atoms with Gasteiger partial charge in [-0.1, -0.05) is 24.6 Å². The van der Waals surface area contributed by atoms with Gasteiger partial charge in [-0.2, -0.15) is 0 Å². The summed E-state index contributed by atoms with van der Waals surface area (Å²) in [7, 11) is 0. The lowest BCUT2D eigenvalue weighted by atomic mass is 9.99. The molecule has 1 aromatic rings. The van der Waals surface area contributed by atoms with Crippen molar-refractivity contribution in [1.29, 1.82) is 0 Å². The first-order valence-electron chi connectivity index (χ1n) is 8.72. The van der Waals surface area contributed by atoms with Gasteiger partial charge in [0.05, 0.1) is 13.1 Å². The van der Waals surface area contributed by atoms with Crippen molar-refractivity contribution >= 4 is 17.5 Å². The first-order chi connectivity index (χ1) is 11.3. The molecule has 1 fully saturated rings. The number of benzene rings is 1. The zero-order valence-corrected chi connectivity index (χ0v) is 15.2. The lowest BCUT2D eigenvalue weighted by molar-refractivity contribution is -0.125. The largest absolute Gasteiger partial charge is 0.346 e. The monoisotopic (exact) mass is 331 g/mol. The van der Waals surface area contributed by atoms with Crippen LogP contribution in [0.15, 0.2) is 12.1 Å². The van der Waals surface area contributed by atoms with E-state index in [1.165, 1.54) is 5.56 Å². The van der Waals surface area contributed by atoms with Crippen LogP contribution in [0.4, 0.5) is 5.69 Å². The topological polar surface area (TPSA) is 61.4 Å². The molecule has 0 saturated carbocycles. The summed E-state index contributed by atoms with van der Waals surface area (Å²) >= 11 is 0. The van der Waals surface area contributed by atoms with Gasteiger partial charge in [0.25, 0.3) is 0 Å². The molecule has 0 aliphatic carbocycles. The molecule has 0 aromatic heterocycles. The van der Waals surface area contributed by atoms with E-state index in [-0.39, 0.29) is 18.4 Å². The van der Waals surface area contributed by atoms with Crippen molar-refractivity contribution < 1.29 is 9.59 Å². The smallest absolute Gasteiger partial charge is 0.243 e. The minimum Gasteiger partial charge on any atom is -0.346 e. The lowest BCUT2D eigenvalue weighted by Crippen LogP contribution is -2.43. The Kier molecular flexibility index (Phi) is 6.37. The highest BCUT2D eigenvalue weighted by atomic mass is 16.2. The van der Waals surface area contributed by atoms with Crippen LogP contribution in [0.5, 0.6) is 0 Å². The van der Waals surface area contributed by atoms with Crippen LogP contribution in [0.1, 0.15) is 36.5 Å². The normalized spacial score (nSPS) is 16.0. The minimum absolute atomic E-state index is 0.00975. The van der Waals surface area contributed by atoms with Crippen molar-refractivity contribution in [3.63, 3.8) is 0 Å². The number of amides is 2. The Labute approximate surface area is 144 Å². The highest BCUT2D eigenvalue weighted by Gasteiger charge is 2.18. The van der Waals surface area contributed by atoms with Gasteiger partial charge in [0.2, 0.25) is 11.8 Å². The van der Waals surface area contributed by atoms with E-state index in [9.17, 15) is 9.59 Å². The van der Waals surface area contributed by atoms with Crippen molar-refractivity contribution in [3.8, 4) is 0 Å². The number of carbonyl (C=O) groups excluding carboxylic acids is 2. The predicted molar refractivity (Wildman–Crippen MR) is 97.1 cm³/mol. The molecule has 0 atom stereocenters. The highest BCUT2D eigenvalue weighted by Crippen LogP contribution is 2.21. The zero-order chi connectivity index (χ0) is 17.7. The quantitative estimate of drug-likeness (QED) is 0.871. The average Bonchev–Trinajstić information content (AvgIpc) is 2.51. The Bertz CT molecular complexity index is 582. The number of piperidine rings is 1. The molecule has 0 radical (unpaired) electrons. The molecule has 1 saturated heterocycles. The maximum atomic E-state index is 12.1. The van der Waals surface area contributed by atoms with Crippen molar-refractivity contribution in [1.82, 2.24) is 10.2 Å². The second kappa shape index (κ2) is 8.29. The summed E-state index contributed by atoms with van der Waals surface area (Å²) in [5.74, 6) is 0.471. The molecule has 2 N–H and O–H groups in total. The average molecular weight is 331 g/mol. The maximum Gasteiger partial charge on any atom is 0.243 e. The molecule has 1 heterocycles. The zero-order valence-electron chi connectivity index (χ0n) is 15.2. The van der Waals surface area contributed by atoms with Crippen LogP contribution < -0.4 is 10.6 Å². The Morgan fingerprint density at radius 2 is 1.67 bits per heavy atom. The van der Waals surface area contributed by atoms with Crippen LogP contribution >= 0.6 is 0 Å². The van der Waals surface area contributed by atoms with Crippen molar-refractivity contribution in [2.24, 2.45) is 5.92 Å². The minimum atomic E-state index is -0.189. The number of anilines is 1. The first kappa shape index (κ1) is 18.5. The van der Waals surface area contributed by atoms with Crippen LogP contribution in [-0.4, -0.2) is 42.9 Å². The summed E-state index contributed by atoms with van der Waals surface area (Å²) in [4.78, 5) is 26.3. The number of likely N-dealkylation sites (tertiary alicyclic amines) is 1. The summed E-state index contributed by atoms with van der Waals surface area (Å²) in [5.41, 5.74) is 4.08. The molecule has 0 spiro atoms. The number of nitrogens with zero attached hydrogens (tertiary/aromatic N) is 1. The van der Waals surface area contributed by atoms with Gasteiger partial charge in [0, 0.05) is 5.69 Å². The summed E-state index contributed by atoms with van der Waals surface area (Å²) in [6, 6.07) is 4.08. The first-order valence-corrected chi connectivity index (χ1v) is 8.72. The standard InChI is InChI=1S/C19H29N3O2/c1-13-5-7-22(8-6-13)12-18(24)20-11-17(23)21-19-15(3)9-14(2)10-16(19)4/h9-10,13H,5-8,11-12H2,1-4H3,(H,20,24)(H,21,23). The number of carbonyl (C=O) groups is 2. The van der Waals surface area contributed by atoms with E-state index in [0.29, 0.717) is 6.54 Å². The fourth-order valence-electron chi connectivity index (χ4n) is 3.22. The molecular weight excluding hydrogens is 302 g/mol. The van der Waals surface area contributed by atoms with E-state index in [1.54, 1.807) is 0 Å². The third-order valence-corrected chi connectivity index (χ3v) is 4.63. The van der Waals surface area contributed by atoms with E-state index in [2.05, 4.69) is 22.5 Å². The van der Waals surface area contributed by atoms with Gasteiger partial charge >= 0.3 is 0 Å². The van der Waals surface area contributed by atoms with E-state index in [4.69, 9.17) is 0 Å². The number of aryl methyl sites for hydroxylation is 3. The highest BCUT2D eigenvalue weighted by molar-refractivity contribution is 5.96. The number of hydrogen-bond donors (Lipinski definition) is 2. The van der Waals surface area contributed by atoms with Gasteiger partial charge in [0.15, 0.2) is 0 Å². The van der Waals surface area contributed by atoms with Crippen LogP contribution in [-0.2, 0) is 9.59 Å². The van der Waals surface area contributed by atoms with E-state index in [1.807, 2.05) is 32.9 Å². The third-order valence-electron chi connectivity index (χ3n) is 4.63. The second-order valence-corrected chi connectivity index (χ2v) is 7.06. The SMILES string of the molecule is Cc1cc(C)c(NC(=O)CNC(=O)CN2CCC(C)CC2)c(C)c1. The Morgan fingerprint density at radius 1 is 1.08 bits per heavy atom. The van der Waals surface area contributed by atoms with E-state index < -0.39 is 0 Å². The summed E-state index contributed by atoms with van der Waals surface area (Å²) in [5, 5.41) is 5.62. The summed E-state index contributed by atoms with van der Waals surface area (Å²) in [6.45, 7) is 10.5. The molecule has 0 unspecified atom stereocenters.